The van der Waals surface area contributed by atoms with Crippen LogP contribution < -0.4 is 30.7 Å². The molecule has 3 aliphatic heterocycles. The number of nitrogens with one attached hydrogen (secondary N) is 4. The Hall–Kier alpha value is -7.79. The van der Waals surface area contributed by atoms with E-state index in [4.69, 9.17) is 9.47 Å². The molecule has 4 N–H and O–H groups in total. The first kappa shape index (κ1) is 57.4. The molecule has 5 heterocycles. The fraction of sp³-hybridized carbons (Fsp3) is 0.233. The van der Waals surface area contributed by atoms with Crippen LogP contribution in [0.5, 0.6) is 11.5 Å². The van der Waals surface area contributed by atoms with Gasteiger partial charge in [-0.2, -0.15) is 0 Å². The number of hydrogen-bond acceptors (Lipinski definition) is 15. The number of amides is 4. The molecule has 1 saturated heterocycles. The van der Waals surface area contributed by atoms with E-state index in [1.807, 2.05) is 48.5 Å². The molecule has 0 unspecified atom stereocenters. The molecule has 0 spiro atoms. The van der Waals surface area contributed by atoms with Crippen molar-refractivity contribution < 1.29 is 45.5 Å². The van der Waals surface area contributed by atoms with Gasteiger partial charge in [0.15, 0.2) is 0 Å². The van der Waals surface area contributed by atoms with Crippen molar-refractivity contribution in [2.75, 3.05) is 37.4 Å². The van der Waals surface area contributed by atoms with Crippen molar-refractivity contribution in [3.05, 3.63) is 178 Å². The molecule has 6 aromatic carbocycles. The highest BCUT2D eigenvalue weighted by Crippen LogP contribution is 2.37. The molecule has 22 heteroatoms. The van der Waals surface area contributed by atoms with Gasteiger partial charge in [0.1, 0.15) is 28.1 Å². The zero-order chi connectivity index (χ0) is 56.3. The second-order valence-corrected chi connectivity index (χ2v) is 26.1. The van der Waals surface area contributed by atoms with Crippen LogP contribution in [-0.2, 0) is 32.8 Å². The van der Waals surface area contributed by atoms with Gasteiger partial charge in [0.05, 0.1) is 61.8 Å². The van der Waals surface area contributed by atoms with Gasteiger partial charge in [-0.1, -0.05) is 37.1 Å². The Balaban J connectivity index is 0.000000181. The third-order valence-corrected chi connectivity index (χ3v) is 20.5. The van der Waals surface area contributed by atoms with E-state index in [0.717, 1.165) is 62.0 Å². The average Bonchev–Trinajstić information content (AvgIpc) is 4.33. The zero-order valence-corrected chi connectivity index (χ0v) is 48.3. The van der Waals surface area contributed by atoms with E-state index >= 15 is 0 Å². The van der Waals surface area contributed by atoms with Gasteiger partial charge in [-0.3, -0.25) is 19.2 Å². The second kappa shape index (κ2) is 24.7. The molecular formula is C60H56ClN7O10S4. The molecule has 2 fully saturated rings. The number of carbonyl (C=O) groups excluding carboxylic acids is 4. The van der Waals surface area contributed by atoms with Crippen molar-refractivity contribution in [2.24, 2.45) is 5.92 Å². The number of likely N-dealkylation sites (N-methyl/N-ethyl adjacent to an activating group) is 1. The molecule has 0 bridgehead atoms. The van der Waals surface area contributed by atoms with Crippen molar-refractivity contribution in [1.29, 1.82) is 0 Å². The van der Waals surface area contributed by atoms with E-state index in [2.05, 4.69) is 43.2 Å². The van der Waals surface area contributed by atoms with Crippen LogP contribution in [0, 0.1) is 5.92 Å². The van der Waals surface area contributed by atoms with Crippen molar-refractivity contribution in [2.45, 2.75) is 77.2 Å². The van der Waals surface area contributed by atoms with E-state index < -0.39 is 43.3 Å². The maximum atomic E-state index is 13.2. The molecule has 82 heavy (non-hydrogen) atoms. The molecular weight excluding hydrogens is 1140 g/mol. The normalized spacial score (nSPS) is 16.6. The van der Waals surface area contributed by atoms with Crippen LogP contribution in [0.2, 0.25) is 0 Å². The molecule has 4 amide bonds. The van der Waals surface area contributed by atoms with Gasteiger partial charge in [-0.05, 0) is 154 Å². The minimum Gasteiger partial charge on any atom is -0.493 e. The fourth-order valence-corrected chi connectivity index (χ4v) is 15.0. The van der Waals surface area contributed by atoms with Crippen LogP contribution in [0.15, 0.2) is 165 Å². The Bertz CT molecular complexity index is 3940. The van der Waals surface area contributed by atoms with Gasteiger partial charge in [0.2, 0.25) is 19.7 Å². The first-order valence-corrected chi connectivity index (χ1v) is 31.0. The largest absolute Gasteiger partial charge is 0.493 e. The van der Waals surface area contributed by atoms with Gasteiger partial charge >= 0.3 is 0 Å². The van der Waals surface area contributed by atoms with Crippen LogP contribution in [0.1, 0.15) is 89.7 Å². The summed E-state index contributed by atoms with van der Waals surface area (Å²) in [5.41, 5.74) is 2.67. The predicted octanol–water partition coefficient (Wildman–Crippen LogP) is 10.7. The number of fused-ring (bicyclic) bond motifs is 4. The van der Waals surface area contributed by atoms with Crippen LogP contribution in [0.3, 0.4) is 0 Å². The number of ether oxygens (including phenoxy) is 2. The molecule has 12 rings (SSSR count). The third kappa shape index (κ3) is 12.5. The number of rotatable bonds is 14. The lowest BCUT2D eigenvalue weighted by molar-refractivity contribution is 0.0943. The molecule has 4 aliphatic rings. The molecule has 2 aromatic heterocycles. The van der Waals surface area contributed by atoms with E-state index in [1.54, 1.807) is 36.7 Å². The number of benzene rings is 6. The number of carbonyl (C=O) groups is 4. The topological polar surface area (TPSA) is 232 Å². The summed E-state index contributed by atoms with van der Waals surface area (Å²) in [7, 11) is -5.74. The summed E-state index contributed by atoms with van der Waals surface area (Å²) >= 11 is 2.95. The van der Waals surface area contributed by atoms with Crippen molar-refractivity contribution in [3.63, 3.8) is 0 Å². The Morgan fingerprint density at radius 2 is 1.04 bits per heavy atom. The summed E-state index contributed by atoms with van der Waals surface area (Å²) in [6.07, 6.45) is 10.9. The lowest BCUT2D eigenvalue weighted by Gasteiger charge is -2.19. The Morgan fingerprint density at radius 1 is 0.585 bits per heavy atom. The molecule has 8 aromatic rings. The SMILES string of the molecule is CN1CCC[C@H]1COc1ccc(-c2ncc(CNC(=O)c3ccc4c(c3)NC(=O)c3ccccc3S4(=O)=O)s2)cc1.Cl.O=C(NCc1cnc(-c2ccc(OCC3CCCC3)cc2)s1)c1ccc2c(c1)NC(=O)c1ccccc1S2(=O)=O. The number of aromatic nitrogens is 2. The van der Waals surface area contributed by atoms with Crippen molar-refractivity contribution in [1.82, 2.24) is 25.5 Å². The minimum atomic E-state index is -3.94. The van der Waals surface area contributed by atoms with E-state index in [9.17, 15) is 36.0 Å². The maximum Gasteiger partial charge on any atom is 0.257 e. The number of likely N-dealkylation sites (tertiary alicyclic amines) is 1. The minimum absolute atomic E-state index is 0. The molecule has 0 radical (unpaired) electrons. The molecule has 1 atom stereocenters. The average molecular weight is 1200 g/mol. The molecule has 1 saturated carbocycles. The lowest BCUT2D eigenvalue weighted by atomic mass is 10.1. The van der Waals surface area contributed by atoms with Crippen molar-refractivity contribution >= 4 is 89.8 Å². The molecule has 1 aliphatic carbocycles. The number of halogens is 1. The summed E-state index contributed by atoms with van der Waals surface area (Å²) in [6, 6.07) is 36.7. The maximum absolute atomic E-state index is 13.2. The third-order valence-electron chi connectivity index (χ3n) is 14.6. The van der Waals surface area contributed by atoms with Crippen LogP contribution >= 0.6 is 35.1 Å². The fourth-order valence-electron chi connectivity index (χ4n) is 10.1. The quantitative estimate of drug-likeness (QED) is 0.0795. The summed E-state index contributed by atoms with van der Waals surface area (Å²) < 4.78 is 64.6. The van der Waals surface area contributed by atoms with E-state index in [0.29, 0.717) is 18.6 Å². The Labute approximate surface area is 488 Å². The zero-order valence-electron chi connectivity index (χ0n) is 44.3. The monoisotopic (exact) mass is 1200 g/mol. The number of hydrogen-bond donors (Lipinski definition) is 4. The van der Waals surface area contributed by atoms with Crippen LogP contribution in [0.25, 0.3) is 21.1 Å². The number of sulfone groups is 2. The van der Waals surface area contributed by atoms with Crippen LogP contribution in [0.4, 0.5) is 11.4 Å². The van der Waals surface area contributed by atoms with Gasteiger partial charge in [-0.25, -0.2) is 26.8 Å². The van der Waals surface area contributed by atoms with Gasteiger partial charge < -0.3 is 35.6 Å². The van der Waals surface area contributed by atoms with E-state index in [1.165, 1.54) is 115 Å². The first-order chi connectivity index (χ1) is 39.2. The van der Waals surface area contributed by atoms with Gasteiger partial charge in [0, 0.05) is 50.4 Å². The van der Waals surface area contributed by atoms with Crippen molar-refractivity contribution in [3.8, 4) is 32.6 Å². The smallest absolute Gasteiger partial charge is 0.257 e. The van der Waals surface area contributed by atoms with Gasteiger partial charge in [-0.15, -0.1) is 35.1 Å². The summed E-state index contributed by atoms with van der Waals surface area (Å²) in [5.74, 6) is 0.464. The lowest BCUT2D eigenvalue weighted by Crippen LogP contribution is -2.30. The predicted molar refractivity (Wildman–Crippen MR) is 316 cm³/mol. The summed E-state index contributed by atoms with van der Waals surface area (Å²) in [6.45, 7) is 3.06. The van der Waals surface area contributed by atoms with Gasteiger partial charge in [0.25, 0.3) is 23.6 Å². The highest BCUT2D eigenvalue weighted by Gasteiger charge is 2.33. The number of anilines is 2. The molecule has 17 nitrogen and oxygen atoms in total. The molecule has 422 valence electrons. The number of thiazole rings is 2. The van der Waals surface area contributed by atoms with Crippen LogP contribution in [-0.4, -0.2) is 88.2 Å². The van der Waals surface area contributed by atoms with E-state index in [-0.39, 0.29) is 78.7 Å². The number of nitrogens with zero attached hydrogens (tertiary/aromatic N) is 3. The summed E-state index contributed by atoms with van der Waals surface area (Å²) in [4.78, 5) is 64.1. The second-order valence-electron chi connectivity index (χ2n) is 20.1. The first-order valence-electron chi connectivity index (χ1n) is 26.4. The Kier molecular flexibility index (Phi) is 17.3. The Morgan fingerprint density at radius 3 is 1.49 bits per heavy atom. The summed E-state index contributed by atoms with van der Waals surface area (Å²) in [5, 5.41) is 12.6. The standard InChI is InChI=1S/C30H28N4O5S2.C30H27N3O5S2.ClH/c1-34-14-4-5-21(34)18-39-22-11-8-19(9-12-22)30-32-17-23(40-30)16-31-28(35)20-10-13-27-25(15-20)33-29(36)24-6-2-3-7-26(24)41(27,37)38;34-28(21-11-14-27-25(15-21)33-29(35)24-7-3-4-8-26(24)40(27,36)37)31-16-23-17-32-30(39-23)20-9-12-22(13-10-20)38-18-19-5-1-2-6-19;/h2-3,6-13,15,17,21H,4-5,14,16,18H2,1H3,(H,31,35)(H,33,36);3-4,7-15,17,19H,1-2,5-6,16,18H2,(H,31,34)(H,33,35);1H/t21-;;/m0../s1. The highest BCUT2D eigenvalue weighted by molar-refractivity contribution is 7.92. The highest BCUT2D eigenvalue weighted by atomic mass is 35.5.